The molecule has 12 nitrogen and oxygen atoms in total. The van der Waals surface area contributed by atoms with Crippen LogP contribution >= 0.6 is 0 Å². The molecule has 1 unspecified atom stereocenters. The molecule has 3 aromatic rings. The molecule has 0 spiro atoms. The number of aryl methyl sites for hydroxylation is 1. The van der Waals surface area contributed by atoms with Gasteiger partial charge in [-0.1, -0.05) is 17.7 Å². The SMILES string of the molecule is Cc1ccc(N=Nc2nc3c(=O)[nH]c(N)nc3n2[C@@H]2O[C@H](CO)[C@H](O)C2O)cc1. The van der Waals surface area contributed by atoms with E-state index >= 15 is 0 Å². The molecule has 4 atom stereocenters. The van der Waals surface area contributed by atoms with Crippen molar-refractivity contribution in [3.8, 4) is 0 Å². The van der Waals surface area contributed by atoms with E-state index in [1.807, 2.05) is 19.1 Å². The van der Waals surface area contributed by atoms with Gasteiger partial charge in [0.05, 0.1) is 12.3 Å². The molecular weight excluding hydrogens is 382 g/mol. The summed E-state index contributed by atoms with van der Waals surface area (Å²) in [5, 5.41) is 38.1. The van der Waals surface area contributed by atoms with Crippen LogP contribution in [0.5, 0.6) is 0 Å². The Balaban J connectivity index is 1.85. The minimum Gasteiger partial charge on any atom is -0.394 e. The molecule has 12 heteroatoms. The van der Waals surface area contributed by atoms with Crippen molar-refractivity contribution in [3.63, 3.8) is 0 Å². The molecule has 1 saturated heterocycles. The van der Waals surface area contributed by atoms with Crippen LogP contribution in [0.15, 0.2) is 39.3 Å². The van der Waals surface area contributed by atoms with E-state index in [0.29, 0.717) is 5.69 Å². The summed E-state index contributed by atoms with van der Waals surface area (Å²) in [6, 6.07) is 7.22. The van der Waals surface area contributed by atoms with E-state index in [1.54, 1.807) is 12.1 Å². The van der Waals surface area contributed by atoms with Crippen molar-refractivity contribution in [2.24, 2.45) is 10.2 Å². The molecule has 2 aromatic heterocycles. The van der Waals surface area contributed by atoms with Gasteiger partial charge in [-0.25, -0.2) is 4.98 Å². The van der Waals surface area contributed by atoms with Crippen LogP contribution < -0.4 is 11.3 Å². The number of hydrogen-bond acceptors (Lipinski definition) is 10. The van der Waals surface area contributed by atoms with Crippen LogP contribution in [0.25, 0.3) is 11.2 Å². The van der Waals surface area contributed by atoms with E-state index in [4.69, 9.17) is 10.5 Å². The van der Waals surface area contributed by atoms with E-state index in [-0.39, 0.29) is 23.1 Å². The molecule has 0 aliphatic carbocycles. The molecule has 6 N–H and O–H groups in total. The molecule has 1 aromatic carbocycles. The average molecular weight is 401 g/mol. The monoisotopic (exact) mass is 401 g/mol. The Bertz CT molecular complexity index is 1120. The summed E-state index contributed by atoms with van der Waals surface area (Å²) in [7, 11) is 0. The lowest BCUT2D eigenvalue weighted by molar-refractivity contribution is -0.0503. The van der Waals surface area contributed by atoms with Crippen molar-refractivity contribution < 1.29 is 20.1 Å². The molecule has 0 bridgehead atoms. The highest BCUT2D eigenvalue weighted by Crippen LogP contribution is 2.35. The third-order valence-electron chi connectivity index (χ3n) is 4.61. The fourth-order valence-electron chi connectivity index (χ4n) is 3.10. The number of hydrogen-bond donors (Lipinski definition) is 5. The van der Waals surface area contributed by atoms with E-state index in [9.17, 15) is 20.1 Å². The smallest absolute Gasteiger partial charge is 0.280 e. The van der Waals surface area contributed by atoms with Crippen molar-refractivity contribution in [2.75, 3.05) is 12.3 Å². The Morgan fingerprint density at radius 3 is 2.59 bits per heavy atom. The normalized spacial score (nSPS) is 24.7. The number of H-pyrrole nitrogens is 1. The van der Waals surface area contributed by atoms with Crippen molar-refractivity contribution in [1.29, 1.82) is 0 Å². The number of imidazole rings is 1. The maximum Gasteiger partial charge on any atom is 0.280 e. The molecule has 1 aliphatic rings. The van der Waals surface area contributed by atoms with Crippen LogP contribution in [-0.2, 0) is 4.74 Å². The van der Waals surface area contributed by atoms with Gasteiger partial charge in [0.2, 0.25) is 5.95 Å². The maximum absolute atomic E-state index is 12.2. The first-order valence-corrected chi connectivity index (χ1v) is 8.77. The molecular formula is C17H19N7O5. The number of nitrogens with two attached hydrogens (primary N) is 1. The van der Waals surface area contributed by atoms with Crippen LogP contribution in [0.2, 0.25) is 0 Å². The lowest BCUT2D eigenvalue weighted by Crippen LogP contribution is -2.33. The quantitative estimate of drug-likeness (QED) is 0.379. The summed E-state index contributed by atoms with van der Waals surface area (Å²) < 4.78 is 6.78. The third kappa shape index (κ3) is 3.38. The van der Waals surface area contributed by atoms with Crippen LogP contribution in [0.1, 0.15) is 11.8 Å². The van der Waals surface area contributed by atoms with Crippen molar-refractivity contribution >= 4 is 28.7 Å². The van der Waals surface area contributed by atoms with Gasteiger partial charge in [0, 0.05) is 0 Å². The predicted molar refractivity (Wildman–Crippen MR) is 101 cm³/mol. The Morgan fingerprint density at radius 2 is 1.93 bits per heavy atom. The number of aromatic amines is 1. The largest absolute Gasteiger partial charge is 0.394 e. The van der Waals surface area contributed by atoms with Gasteiger partial charge in [-0.05, 0) is 19.1 Å². The number of aliphatic hydroxyl groups is 3. The average Bonchev–Trinajstić information content (AvgIpc) is 3.19. The highest BCUT2D eigenvalue weighted by molar-refractivity contribution is 5.74. The lowest BCUT2D eigenvalue weighted by Gasteiger charge is -2.17. The lowest BCUT2D eigenvalue weighted by atomic mass is 10.1. The number of benzene rings is 1. The van der Waals surface area contributed by atoms with Gasteiger partial charge in [0.15, 0.2) is 17.4 Å². The predicted octanol–water partition coefficient (Wildman–Crippen LogP) is 0.0371. The number of nitrogen functional groups attached to an aromatic ring is 1. The van der Waals surface area contributed by atoms with Crippen LogP contribution in [0.4, 0.5) is 17.6 Å². The van der Waals surface area contributed by atoms with E-state index in [1.165, 1.54) is 4.57 Å². The van der Waals surface area contributed by atoms with Gasteiger partial charge in [-0.3, -0.25) is 14.3 Å². The molecule has 1 fully saturated rings. The van der Waals surface area contributed by atoms with Crippen molar-refractivity contribution in [3.05, 3.63) is 40.2 Å². The van der Waals surface area contributed by atoms with Gasteiger partial charge >= 0.3 is 0 Å². The van der Waals surface area contributed by atoms with Gasteiger partial charge in [0.1, 0.15) is 18.3 Å². The van der Waals surface area contributed by atoms with Gasteiger partial charge in [-0.2, -0.15) is 4.98 Å². The minimum atomic E-state index is -1.43. The number of aliphatic hydroxyl groups excluding tert-OH is 3. The number of rotatable bonds is 4. The molecule has 0 amide bonds. The summed E-state index contributed by atoms with van der Waals surface area (Å²) >= 11 is 0. The van der Waals surface area contributed by atoms with Crippen LogP contribution in [-0.4, -0.2) is 59.8 Å². The zero-order valence-corrected chi connectivity index (χ0v) is 15.3. The molecule has 0 radical (unpaired) electrons. The molecule has 152 valence electrons. The second kappa shape index (κ2) is 7.33. The molecule has 3 heterocycles. The number of azo groups is 1. The Morgan fingerprint density at radius 1 is 1.21 bits per heavy atom. The highest BCUT2D eigenvalue weighted by Gasteiger charge is 2.45. The standard InChI is InChI=1S/C17H19N7O5/c1-7-2-4-8(5-3-7)22-23-17-19-10-13(20-16(18)21-14(10)28)24(17)15-12(27)11(26)9(6-25)29-15/h2-5,9,11-12,15,25-27H,6H2,1H3,(H3,18,20,21,28)/t9-,11+,12?,15-/m1/s1. The van der Waals surface area contributed by atoms with E-state index in [2.05, 4.69) is 25.2 Å². The van der Waals surface area contributed by atoms with Crippen LogP contribution in [0, 0.1) is 6.92 Å². The number of fused-ring (bicyclic) bond motifs is 1. The first-order valence-electron chi connectivity index (χ1n) is 8.77. The summed E-state index contributed by atoms with van der Waals surface area (Å²) in [5.41, 5.74) is 6.53. The fourth-order valence-corrected chi connectivity index (χ4v) is 3.10. The van der Waals surface area contributed by atoms with Gasteiger partial charge < -0.3 is 25.8 Å². The molecule has 4 rings (SSSR count). The van der Waals surface area contributed by atoms with Crippen molar-refractivity contribution in [1.82, 2.24) is 19.5 Å². The van der Waals surface area contributed by atoms with Crippen LogP contribution in [0.3, 0.4) is 0 Å². The number of nitrogens with one attached hydrogen (secondary N) is 1. The first kappa shape index (κ1) is 19.1. The topological polar surface area (TPSA) is 184 Å². The van der Waals surface area contributed by atoms with E-state index < -0.39 is 36.7 Å². The van der Waals surface area contributed by atoms with E-state index in [0.717, 1.165) is 5.56 Å². The number of nitrogens with zero attached hydrogens (tertiary/aromatic N) is 5. The summed E-state index contributed by atoms with van der Waals surface area (Å²) in [6.07, 6.45) is -5.04. The van der Waals surface area contributed by atoms with Crippen molar-refractivity contribution in [2.45, 2.75) is 31.5 Å². The fraction of sp³-hybridized carbons (Fsp3) is 0.353. The Labute approximate surface area is 163 Å². The Kier molecular flexibility index (Phi) is 4.84. The number of anilines is 1. The van der Waals surface area contributed by atoms with Gasteiger partial charge in [0.25, 0.3) is 11.5 Å². The molecule has 1 aliphatic heterocycles. The number of ether oxygens (including phenoxy) is 1. The molecule has 29 heavy (non-hydrogen) atoms. The second-order valence-corrected chi connectivity index (χ2v) is 6.67. The first-order chi connectivity index (χ1) is 13.9. The minimum absolute atomic E-state index is 0.000976. The number of aromatic nitrogens is 4. The highest BCUT2D eigenvalue weighted by atomic mass is 16.6. The zero-order chi connectivity index (χ0) is 20.7. The Hall–Kier alpha value is -3.19. The zero-order valence-electron chi connectivity index (χ0n) is 15.3. The summed E-state index contributed by atoms with van der Waals surface area (Å²) in [5.74, 6) is -0.253. The summed E-state index contributed by atoms with van der Waals surface area (Å²) in [4.78, 5) is 22.8. The van der Waals surface area contributed by atoms with Gasteiger partial charge in [-0.15, -0.1) is 10.2 Å². The molecule has 0 saturated carbocycles. The third-order valence-corrected chi connectivity index (χ3v) is 4.61. The second-order valence-electron chi connectivity index (χ2n) is 6.67. The summed E-state index contributed by atoms with van der Waals surface area (Å²) in [6.45, 7) is 1.42. The maximum atomic E-state index is 12.2.